The van der Waals surface area contributed by atoms with Crippen molar-refractivity contribution in [2.45, 2.75) is 25.9 Å². The molecule has 3 nitrogen and oxygen atoms in total. The third kappa shape index (κ3) is 4.63. The van der Waals surface area contributed by atoms with Crippen molar-refractivity contribution in [2.24, 2.45) is 5.92 Å². The predicted molar refractivity (Wildman–Crippen MR) is 102 cm³/mol. The monoisotopic (exact) mass is 374 g/mol. The molecule has 0 bridgehead atoms. The number of hydrogen-bond acceptors (Lipinski definition) is 2. The lowest BCUT2D eigenvalue weighted by molar-refractivity contribution is -0.136. The Morgan fingerprint density at radius 2 is 2.00 bits per heavy atom. The number of halogens is 2. The Morgan fingerprint density at radius 3 is 2.73 bits per heavy atom. The fraction of sp³-hybridized carbons (Fsp3) is 0.381. The second kappa shape index (κ2) is 8.65. The van der Waals surface area contributed by atoms with Gasteiger partial charge in [-0.05, 0) is 37.1 Å². The van der Waals surface area contributed by atoms with Crippen LogP contribution in [0.4, 0.5) is 4.39 Å². The molecule has 26 heavy (non-hydrogen) atoms. The molecule has 1 fully saturated rings. The molecule has 0 saturated carbocycles. The number of hydrogen-bond donors (Lipinski definition) is 0. The van der Waals surface area contributed by atoms with Gasteiger partial charge in [-0.2, -0.15) is 0 Å². The molecule has 0 aliphatic carbocycles. The van der Waals surface area contributed by atoms with Gasteiger partial charge in [-0.25, -0.2) is 4.39 Å². The van der Waals surface area contributed by atoms with Gasteiger partial charge in [-0.15, -0.1) is 0 Å². The molecule has 2 aromatic rings. The fourth-order valence-corrected chi connectivity index (χ4v) is 3.78. The Morgan fingerprint density at radius 1 is 1.23 bits per heavy atom. The molecule has 1 unspecified atom stereocenters. The Bertz CT molecular complexity index is 733. The summed E-state index contributed by atoms with van der Waals surface area (Å²) in [4.78, 5) is 16.8. The van der Waals surface area contributed by atoms with Gasteiger partial charge < -0.3 is 4.90 Å². The average molecular weight is 375 g/mol. The van der Waals surface area contributed by atoms with E-state index in [0.717, 1.165) is 24.9 Å². The van der Waals surface area contributed by atoms with E-state index >= 15 is 0 Å². The van der Waals surface area contributed by atoms with Gasteiger partial charge in [-0.1, -0.05) is 48.0 Å². The zero-order valence-electron chi connectivity index (χ0n) is 15.0. The lowest BCUT2D eigenvalue weighted by Crippen LogP contribution is -2.43. The van der Waals surface area contributed by atoms with Crippen molar-refractivity contribution in [3.8, 4) is 0 Å². The fourth-order valence-electron chi connectivity index (χ4n) is 3.55. The number of carbonyl (C=O) groups is 1. The standard InChI is InChI=1S/C21H24ClFN2O/c1-24(13-16-7-3-2-4-8-16)21(26)17-9-6-12-25(14-17)15-18-19(22)10-5-11-20(18)23/h2-5,7-8,10-11,17H,6,9,12-15H2,1H3. The molecule has 138 valence electrons. The van der Waals surface area contributed by atoms with Crippen molar-refractivity contribution >= 4 is 17.5 Å². The molecular formula is C21H24ClFN2O. The predicted octanol–water partition coefficient (Wildman–Crippen LogP) is 4.35. The van der Waals surface area contributed by atoms with Gasteiger partial charge in [0.25, 0.3) is 0 Å². The lowest BCUT2D eigenvalue weighted by Gasteiger charge is -2.34. The highest BCUT2D eigenvalue weighted by Crippen LogP contribution is 2.25. The van der Waals surface area contributed by atoms with Crippen molar-refractivity contribution in [3.05, 3.63) is 70.5 Å². The number of rotatable bonds is 5. The smallest absolute Gasteiger partial charge is 0.227 e. The van der Waals surface area contributed by atoms with Crippen LogP contribution in [0.3, 0.4) is 0 Å². The van der Waals surface area contributed by atoms with E-state index in [2.05, 4.69) is 4.90 Å². The molecule has 5 heteroatoms. The summed E-state index contributed by atoms with van der Waals surface area (Å²) in [6.45, 7) is 2.55. The van der Waals surface area contributed by atoms with Crippen molar-refractivity contribution < 1.29 is 9.18 Å². The van der Waals surface area contributed by atoms with E-state index in [1.807, 2.05) is 37.4 Å². The molecule has 1 aliphatic rings. The van der Waals surface area contributed by atoms with E-state index in [0.29, 0.717) is 30.2 Å². The van der Waals surface area contributed by atoms with Crippen molar-refractivity contribution in [2.75, 3.05) is 20.1 Å². The van der Waals surface area contributed by atoms with Crippen LogP contribution in [0.2, 0.25) is 5.02 Å². The summed E-state index contributed by atoms with van der Waals surface area (Å²) in [5.74, 6) is -0.187. The van der Waals surface area contributed by atoms with Crippen LogP contribution in [0.25, 0.3) is 0 Å². The largest absolute Gasteiger partial charge is 0.341 e. The van der Waals surface area contributed by atoms with E-state index in [-0.39, 0.29) is 17.6 Å². The number of carbonyl (C=O) groups excluding carboxylic acids is 1. The minimum absolute atomic E-state index is 0.0528. The summed E-state index contributed by atoms with van der Waals surface area (Å²) in [7, 11) is 1.85. The highest BCUT2D eigenvalue weighted by Gasteiger charge is 2.28. The van der Waals surface area contributed by atoms with Crippen molar-refractivity contribution in [3.63, 3.8) is 0 Å². The first-order valence-electron chi connectivity index (χ1n) is 8.98. The minimum Gasteiger partial charge on any atom is -0.341 e. The maximum atomic E-state index is 14.0. The SMILES string of the molecule is CN(Cc1ccccc1)C(=O)C1CCCN(Cc2c(F)cccc2Cl)C1. The van der Waals surface area contributed by atoms with E-state index in [1.54, 1.807) is 17.0 Å². The van der Waals surface area contributed by atoms with E-state index in [4.69, 9.17) is 11.6 Å². The highest BCUT2D eigenvalue weighted by molar-refractivity contribution is 6.31. The quantitative estimate of drug-likeness (QED) is 0.776. The number of amides is 1. The van der Waals surface area contributed by atoms with E-state index in [1.165, 1.54) is 6.07 Å². The van der Waals surface area contributed by atoms with Crippen LogP contribution in [0.5, 0.6) is 0 Å². The second-order valence-electron chi connectivity index (χ2n) is 6.95. The van der Waals surface area contributed by atoms with Gasteiger partial charge in [0.1, 0.15) is 5.82 Å². The molecule has 1 atom stereocenters. The Balaban J connectivity index is 1.61. The third-order valence-electron chi connectivity index (χ3n) is 4.94. The van der Waals surface area contributed by atoms with Gasteiger partial charge in [0.2, 0.25) is 5.91 Å². The lowest BCUT2D eigenvalue weighted by atomic mass is 9.96. The summed E-state index contributed by atoms with van der Waals surface area (Å²) in [6.07, 6.45) is 1.81. The van der Waals surface area contributed by atoms with Crippen LogP contribution in [0.15, 0.2) is 48.5 Å². The number of piperidine rings is 1. The van der Waals surface area contributed by atoms with Gasteiger partial charge >= 0.3 is 0 Å². The Hall–Kier alpha value is -1.91. The number of nitrogens with zero attached hydrogens (tertiary/aromatic N) is 2. The second-order valence-corrected chi connectivity index (χ2v) is 7.36. The van der Waals surface area contributed by atoms with Gasteiger partial charge in [0, 0.05) is 37.3 Å². The molecule has 1 saturated heterocycles. The normalized spacial score (nSPS) is 17.9. The molecule has 1 amide bonds. The average Bonchev–Trinajstić information content (AvgIpc) is 2.65. The summed E-state index contributed by atoms with van der Waals surface area (Å²) >= 11 is 6.15. The topological polar surface area (TPSA) is 23.6 Å². The van der Waals surface area contributed by atoms with Gasteiger partial charge in [-0.3, -0.25) is 9.69 Å². The van der Waals surface area contributed by atoms with Gasteiger partial charge in [0.05, 0.1) is 5.92 Å². The first kappa shape index (κ1) is 18.9. The number of benzene rings is 2. The molecule has 2 aromatic carbocycles. The maximum absolute atomic E-state index is 14.0. The zero-order valence-corrected chi connectivity index (χ0v) is 15.8. The minimum atomic E-state index is -0.285. The molecule has 0 aromatic heterocycles. The van der Waals surface area contributed by atoms with Crippen molar-refractivity contribution in [1.82, 2.24) is 9.80 Å². The van der Waals surface area contributed by atoms with Crippen LogP contribution in [-0.4, -0.2) is 35.8 Å². The molecular weight excluding hydrogens is 351 g/mol. The Labute approximate surface area is 159 Å². The molecule has 0 N–H and O–H groups in total. The first-order valence-corrected chi connectivity index (χ1v) is 9.36. The van der Waals surface area contributed by atoms with E-state index in [9.17, 15) is 9.18 Å². The number of likely N-dealkylation sites (tertiary alicyclic amines) is 1. The molecule has 3 rings (SSSR count). The van der Waals surface area contributed by atoms with Gasteiger partial charge in [0.15, 0.2) is 0 Å². The van der Waals surface area contributed by atoms with Crippen LogP contribution in [0, 0.1) is 11.7 Å². The third-order valence-corrected chi connectivity index (χ3v) is 5.29. The molecule has 1 heterocycles. The summed E-state index contributed by atoms with van der Waals surface area (Å²) in [6, 6.07) is 14.7. The van der Waals surface area contributed by atoms with Crippen LogP contribution in [0.1, 0.15) is 24.0 Å². The Kier molecular flexibility index (Phi) is 6.28. The summed E-state index contributed by atoms with van der Waals surface area (Å²) in [5.41, 5.74) is 1.63. The van der Waals surface area contributed by atoms with E-state index < -0.39 is 0 Å². The van der Waals surface area contributed by atoms with Crippen molar-refractivity contribution in [1.29, 1.82) is 0 Å². The zero-order chi connectivity index (χ0) is 18.5. The molecule has 0 radical (unpaired) electrons. The molecule has 1 aliphatic heterocycles. The van der Waals surface area contributed by atoms with Crippen LogP contribution >= 0.6 is 11.6 Å². The summed E-state index contributed by atoms with van der Waals surface area (Å²) in [5, 5.41) is 0.444. The summed E-state index contributed by atoms with van der Waals surface area (Å²) < 4.78 is 14.0. The van der Waals surface area contributed by atoms with Crippen LogP contribution in [-0.2, 0) is 17.9 Å². The maximum Gasteiger partial charge on any atom is 0.227 e. The van der Waals surface area contributed by atoms with Crippen LogP contribution < -0.4 is 0 Å². The highest BCUT2D eigenvalue weighted by atomic mass is 35.5. The molecule has 0 spiro atoms. The first-order chi connectivity index (χ1) is 12.5.